The molecular weight excluding hydrogens is 348 g/mol. The summed E-state index contributed by atoms with van der Waals surface area (Å²) in [5.74, 6) is -0.998. The topological polar surface area (TPSA) is 122 Å². The van der Waals surface area contributed by atoms with Crippen LogP contribution in [0.2, 0.25) is 0 Å². The standard InChI is InChI=1S/C16H14N2O6S/c19-15-9-24-14-6-5-12(7-13(14)18-15)25(22,23)17-8-10-1-3-11(4-2-10)16(20)21/h1-7,17H,8-9H2,(H,18,19)(H,20,21). The summed E-state index contributed by atoms with van der Waals surface area (Å²) < 4.78 is 32.4. The fraction of sp³-hybridized carbons (Fsp3) is 0.125. The second kappa shape index (κ2) is 6.54. The quantitative estimate of drug-likeness (QED) is 0.735. The number of carboxylic acid groups (broad SMARTS) is 1. The van der Waals surface area contributed by atoms with Crippen molar-refractivity contribution < 1.29 is 27.9 Å². The van der Waals surface area contributed by atoms with Crippen molar-refractivity contribution in [2.45, 2.75) is 11.4 Å². The first-order valence-electron chi connectivity index (χ1n) is 7.24. The molecule has 0 atom stereocenters. The number of carbonyl (C=O) groups excluding carboxylic acids is 1. The van der Waals surface area contributed by atoms with Crippen LogP contribution in [0.1, 0.15) is 15.9 Å². The summed E-state index contributed by atoms with van der Waals surface area (Å²) in [6.45, 7) is -0.105. The lowest BCUT2D eigenvalue weighted by atomic mass is 10.1. The van der Waals surface area contributed by atoms with Crippen molar-refractivity contribution in [3.05, 3.63) is 53.6 Å². The van der Waals surface area contributed by atoms with E-state index in [1.54, 1.807) is 0 Å². The van der Waals surface area contributed by atoms with Crippen LogP contribution in [-0.2, 0) is 21.4 Å². The van der Waals surface area contributed by atoms with Crippen LogP contribution >= 0.6 is 0 Å². The van der Waals surface area contributed by atoms with Gasteiger partial charge in [0.25, 0.3) is 5.91 Å². The maximum absolute atomic E-state index is 12.4. The van der Waals surface area contributed by atoms with Gasteiger partial charge in [-0.1, -0.05) is 12.1 Å². The third-order valence-corrected chi connectivity index (χ3v) is 4.96. The molecule has 0 radical (unpaired) electrons. The van der Waals surface area contributed by atoms with Crippen LogP contribution in [0.25, 0.3) is 0 Å². The lowest BCUT2D eigenvalue weighted by molar-refractivity contribution is -0.118. The van der Waals surface area contributed by atoms with E-state index in [0.717, 1.165) is 0 Å². The Hall–Kier alpha value is -2.91. The van der Waals surface area contributed by atoms with E-state index in [2.05, 4.69) is 10.0 Å². The van der Waals surface area contributed by atoms with Crippen LogP contribution in [0.15, 0.2) is 47.4 Å². The summed E-state index contributed by atoms with van der Waals surface area (Å²) >= 11 is 0. The van der Waals surface area contributed by atoms with Crippen LogP contribution in [0.5, 0.6) is 5.75 Å². The van der Waals surface area contributed by atoms with Gasteiger partial charge >= 0.3 is 5.97 Å². The predicted molar refractivity (Wildman–Crippen MR) is 88.0 cm³/mol. The van der Waals surface area contributed by atoms with Crippen LogP contribution in [-0.4, -0.2) is 32.0 Å². The van der Waals surface area contributed by atoms with Gasteiger partial charge in [0.15, 0.2) is 6.61 Å². The van der Waals surface area contributed by atoms with E-state index in [-0.39, 0.29) is 29.5 Å². The smallest absolute Gasteiger partial charge is 0.335 e. The monoisotopic (exact) mass is 362 g/mol. The fourth-order valence-corrected chi connectivity index (χ4v) is 3.30. The number of anilines is 1. The van der Waals surface area contributed by atoms with Crippen molar-refractivity contribution in [3.63, 3.8) is 0 Å². The van der Waals surface area contributed by atoms with E-state index >= 15 is 0 Å². The summed E-state index contributed by atoms with van der Waals surface area (Å²) in [5.41, 5.74) is 1.03. The SMILES string of the molecule is O=C1COc2ccc(S(=O)(=O)NCc3ccc(C(=O)O)cc3)cc2N1. The maximum atomic E-state index is 12.4. The number of aromatic carboxylic acids is 1. The Morgan fingerprint density at radius 2 is 1.92 bits per heavy atom. The third-order valence-electron chi connectivity index (χ3n) is 3.56. The highest BCUT2D eigenvalue weighted by Gasteiger charge is 2.20. The Kier molecular flexibility index (Phi) is 4.43. The minimum Gasteiger partial charge on any atom is -0.482 e. The van der Waals surface area contributed by atoms with Gasteiger partial charge in [-0.05, 0) is 35.9 Å². The average Bonchev–Trinajstić information content (AvgIpc) is 2.59. The van der Waals surface area contributed by atoms with E-state index in [9.17, 15) is 18.0 Å². The molecule has 2 aromatic rings. The van der Waals surface area contributed by atoms with Gasteiger partial charge in [-0.25, -0.2) is 17.9 Å². The van der Waals surface area contributed by atoms with Crippen molar-refractivity contribution >= 4 is 27.6 Å². The number of amides is 1. The van der Waals surface area contributed by atoms with Gasteiger partial charge in [0.05, 0.1) is 16.1 Å². The number of carbonyl (C=O) groups is 2. The molecule has 0 unspecified atom stereocenters. The highest BCUT2D eigenvalue weighted by molar-refractivity contribution is 7.89. The predicted octanol–water partition coefficient (Wildman–Crippen LogP) is 1.19. The van der Waals surface area contributed by atoms with Crippen molar-refractivity contribution in [2.24, 2.45) is 0 Å². The molecule has 0 aromatic heterocycles. The van der Waals surface area contributed by atoms with E-state index in [4.69, 9.17) is 9.84 Å². The number of fused-ring (bicyclic) bond motifs is 1. The fourth-order valence-electron chi connectivity index (χ4n) is 2.26. The second-order valence-corrected chi connectivity index (χ2v) is 7.09. The molecule has 1 aliphatic rings. The number of hydrogen-bond donors (Lipinski definition) is 3. The first-order chi connectivity index (χ1) is 11.8. The van der Waals surface area contributed by atoms with Crippen molar-refractivity contribution in [1.82, 2.24) is 4.72 Å². The number of nitrogens with one attached hydrogen (secondary N) is 2. The molecule has 0 bridgehead atoms. The number of ether oxygens (including phenoxy) is 1. The average molecular weight is 362 g/mol. The molecule has 0 fully saturated rings. The Morgan fingerprint density at radius 3 is 2.60 bits per heavy atom. The first-order valence-corrected chi connectivity index (χ1v) is 8.72. The summed E-state index contributed by atoms with van der Waals surface area (Å²) in [6, 6.07) is 10.1. The summed E-state index contributed by atoms with van der Waals surface area (Å²) in [6.07, 6.45) is 0. The Morgan fingerprint density at radius 1 is 1.20 bits per heavy atom. The molecule has 0 spiro atoms. The zero-order valence-electron chi connectivity index (χ0n) is 12.9. The molecule has 25 heavy (non-hydrogen) atoms. The van der Waals surface area contributed by atoms with E-state index in [1.807, 2.05) is 0 Å². The molecular formula is C16H14N2O6S. The van der Waals surface area contributed by atoms with Gasteiger partial charge in [-0.2, -0.15) is 0 Å². The minimum atomic E-state index is -3.81. The number of hydrogen-bond acceptors (Lipinski definition) is 5. The zero-order chi connectivity index (χ0) is 18.0. The van der Waals surface area contributed by atoms with Crippen LogP contribution in [0, 0.1) is 0 Å². The molecule has 3 rings (SSSR count). The largest absolute Gasteiger partial charge is 0.482 e. The maximum Gasteiger partial charge on any atom is 0.335 e. The Labute approximate surface area is 143 Å². The molecule has 1 heterocycles. The van der Waals surface area contributed by atoms with E-state index in [1.165, 1.54) is 42.5 Å². The lowest BCUT2D eigenvalue weighted by Gasteiger charge is -2.18. The molecule has 130 valence electrons. The molecule has 1 aliphatic heterocycles. The van der Waals surface area contributed by atoms with Crippen LogP contribution in [0.4, 0.5) is 5.69 Å². The highest BCUT2D eigenvalue weighted by atomic mass is 32.2. The van der Waals surface area contributed by atoms with Crippen LogP contribution in [0.3, 0.4) is 0 Å². The molecule has 2 aromatic carbocycles. The number of rotatable bonds is 5. The summed E-state index contributed by atoms with van der Waals surface area (Å²) in [7, 11) is -3.81. The molecule has 1 amide bonds. The Balaban J connectivity index is 1.74. The van der Waals surface area contributed by atoms with Crippen molar-refractivity contribution in [1.29, 1.82) is 0 Å². The second-order valence-electron chi connectivity index (χ2n) is 5.32. The summed E-state index contributed by atoms with van der Waals surface area (Å²) in [5, 5.41) is 11.4. The number of sulfonamides is 1. The minimum absolute atomic E-state index is 0.00216. The molecule has 0 saturated heterocycles. The molecule has 8 nitrogen and oxygen atoms in total. The third kappa shape index (κ3) is 3.78. The van der Waals surface area contributed by atoms with E-state index < -0.39 is 16.0 Å². The van der Waals surface area contributed by atoms with Gasteiger partial charge in [0.2, 0.25) is 10.0 Å². The first kappa shape index (κ1) is 16.9. The molecule has 0 aliphatic carbocycles. The zero-order valence-corrected chi connectivity index (χ0v) is 13.7. The number of carboxylic acids is 1. The normalized spacial score (nSPS) is 13.5. The van der Waals surface area contributed by atoms with Gasteiger partial charge in [-0.15, -0.1) is 0 Å². The van der Waals surface area contributed by atoms with Crippen molar-refractivity contribution in [2.75, 3.05) is 11.9 Å². The molecule has 3 N–H and O–H groups in total. The number of benzene rings is 2. The highest BCUT2D eigenvalue weighted by Crippen LogP contribution is 2.30. The van der Waals surface area contributed by atoms with Crippen molar-refractivity contribution in [3.8, 4) is 5.75 Å². The van der Waals surface area contributed by atoms with Crippen LogP contribution < -0.4 is 14.8 Å². The summed E-state index contributed by atoms with van der Waals surface area (Å²) in [4.78, 5) is 22.1. The lowest BCUT2D eigenvalue weighted by Crippen LogP contribution is -2.27. The van der Waals surface area contributed by atoms with Gasteiger partial charge in [-0.3, -0.25) is 4.79 Å². The Bertz CT molecular complexity index is 938. The molecule has 9 heteroatoms. The van der Waals surface area contributed by atoms with Gasteiger partial charge in [0, 0.05) is 6.54 Å². The van der Waals surface area contributed by atoms with Gasteiger partial charge in [0.1, 0.15) is 5.75 Å². The van der Waals surface area contributed by atoms with E-state index in [0.29, 0.717) is 17.0 Å². The van der Waals surface area contributed by atoms with Gasteiger partial charge < -0.3 is 15.2 Å². The molecule has 0 saturated carbocycles.